The Morgan fingerprint density at radius 2 is 2.36 bits per heavy atom. The maximum absolute atomic E-state index is 10.7. The van der Waals surface area contributed by atoms with Gasteiger partial charge in [-0.2, -0.15) is 0 Å². The van der Waals surface area contributed by atoms with Gasteiger partial charge in [-0.15, -0.1) is 0 Å². The zero-order chi connectivity index (χ0) is 10.7. The lowest BCUT2D eigenvalue weighted by molar-refractivity contribution is 0.0685. The number of hydrogen-bond acceptors (Lipinski definition) is 4. The summed E-state index contributed by atoms with van der Waals surface area (Å²) >= 11 is 0. The average molecular weight is 196 g/mol. The molecule has 0 fully saturated rings. The number of carbonyl (C=O) groups is 2. The van der Waals surface area contributed by atoms with E-state index in [9.17, 15) is 9.59 Å². The van der Waals surface area contributed by atoms with Crippen LogP contribution in [0.1, 0.15) is 29.2 Å². The Morgan fingerprint density at radius 3 is 2.79 bits per heavy atom. The van der Waals surface area contributed by atoms with Crippen LogP contribution < -0.4 is 5.32 Å². The summed E-state index contributed by atoms with van der Waals surface area (Å²) in [6, 6.07) is 0.899. The molecule has 0 spiro atoms. The number of nitrogens with one attached hydrogen (secondary N) is 1. The highest BCUT2D eigenvalue weighted by Gasteiger charge is 2.15. The Balaban J connectivity index is 2.76. The maximum atomic E-state index is 10.7. The summed E-state index contributed by atoms with van der Waals surface area (Å²) < 4.78 is 4.74. The topological polar surface area (TPSA) is 92.4 Å². The molecule has 1 aromatic rings. The number of aromatic carboxylic acids is 1. The van der Waals surface area contributed by atoms with E-state index in [0.29, 0.717) is 5.76 Å². The molecule has 0 aliphatic carbocycles. The quantitative estimate of drug-likeness (QED) is 0.651. The fourth-order valence-electron chi connectivity index (χ4n) is 0.970. The van der Waals surface area contributed by atoms with Crippen molar-refractivity contribution in [1.82, 2.24) is 10.5 Å². The Kier molecular flexibility index (Phi) is 2.90. The van der Waals surface area contributed by atoms with Crippen LogP contribution in [0, 0.1) is 0 Å². The highest BCUT2D eigenvalue weighted by molar-refractivity contribution is 6.57. The van der Waals surface area contributed by atoms with Crippen molar-refractivity contribution in [1.29, 1.82) is 0 Å². The first-order chi connectivity index (χ1) is 6.50. The van der Waals surface area contributed by atoms with Crippen LogP contribution in [0.25, 0.3) is 0 Å². The van der Waals surface area contributed by atoms with E-state index < -0.39 is 5.97 Å². The lowest BCUT2D eigenvalue weighted by Crippen LogP contribution is -2.24. The van der Waals surface area contributed by atoms with Crippen molar-refractivity contribution in [2.45, 2.75) is 13.0 Å². The van der Waals surface area contributed by atoms with Gasteiger partial charge < -0.3 is 14.9 Å². The lowest BCUT2D eigenvalue weighted by Gasteiger charge is -2.07. The van der Waals surface area contributed by atoms with E-state index in [2.05, 4.69) is 10.5 Å². The Labute approximate surface area is 80.7 Å². The summed E-state index contributed by atoms with van der Waals surface area (Å²) in [5.41, 5.74) is -0.169. The van der Waals surface area contributed by atoms with Crippen LogP contribution in [0.5, 0.6) is 0 Å². The van der Waals surface area contributed by atoms with Crippen LogP contribution in [-0.4, -0.2) is 29.9 Å². The first-order valence-corrected chi connectivity index (χ1v) is 3.97. The van der Waals surface area contributed by atoms with Gasteiger partial charge in [0.1, 0.15) is 0 Å². The molecule has 0 aliphatic heterocycles. The van der Waals surface area contributed by atoms with Crippen molar-refractivity contribution < 1.29 is 19.2 Å². The van der Waals surface area contributed by atoms with Gasteiger partial charge in [0.15, 0.2) is 17.3 Å². The molecular formula is C7H9BN2O4. The number of hydrogen-bond donors (Lipinski definition) is 2. The summed E-state index contributed by atoms with van der Waals surface area (Å²) in [4.78, 5) is 21.1. The number of carboxylic acids is 1. The van der Waals surface area contributed by atoms with Crippen molar-refractivity contribution in [3.63, 3.8) is 0 Å². The number of aromatic nitrogens is 1. The Hall–Kier alpha value is -1.79. The van der Waals surface area contributed by atoms with Gasteiger partial charge >= 0.3 is 5.97 Å². The van der Waals surface area contributed by atoms with Crippen molar-refractivity contribution in [3.05, 3.63) is 17.5 Å². The molecule has 14 heavy (non-hydrogen) atoms. The molecule has 2 N–H and O–H groups in total. The van der Waals surface area contributed by atoms with Crippen LogP contribution in [0.3, 0.4) is 0 Å². The van der Waals surface area contributed by atoms with E-state index in [1.807, 2.05) is 0 Å². The summed E-state index contributed by atoms with van der Waals surface area (Å²) in [7, 11) is 1.37. The zero-order valence-electron chi connectivity index (χ0n) is 7.77. The minimum atomic E-state index is -1.16. The number of carboxylic acid groups (broad SMARTS) is 1. The number of carbonyl (C=O) groups excluding carboxylic acids is 1. The number of nitrogens with zero attached hydrogens (tertiary/aromatic N) is 1. The third kappa shape index (κ3) is 2.35. The molecule has 74 valence electrons. The second-order valence-electron chi connectivity index (χ2n) is 2.84. The number of amides is 1. The number of rotatable bonds is 3. The van der Waals surface area contributed by atoms with Crippen LogP contribution in [0.2, 0.25) is 0 Å². The van der Waals surface area contributed by atoms with Gasteiger partial charge in [-0.25, -0.2) is 4.79 Å². The molecule has 0 unspecified atom stereocenters. The van der Waals surface area contributed by atoms with E-state index in [4.69, 9.17) is 9.63 Å². The van der Waals surface area contributed by atoms with Gasteiger partial charge in [-0.05, 0) is 6.92 Å². The first-order valence-electron chi connectivity index (χ1n) is 3.97. The van der Waals surface area contributed by atoms with Crippen molar-refractivity contribution in [2.24, 2.45) is 0 Å². The van der Waals surface area contributed by atoms with E-state index in [1.54, 1.807) is 6.92 Å². The largest absolute Gasteiger partial charge is 0.476 e. The summed E-state index contributed by atoms with van der Waals surface area (Å²) in [5.74, 6) is -1.06. The molecule has 1 amide bonds. The molecule has 1 rings (SSSR count). The molecule has 0 radical (unpaired) electrons. The first kappa shape index (κ1) is 10.3. The second kappa shape index (κ2) is 3.95. The van der Waals surface area contributed by atoms with Gasteiger partial charge in [0.05, 0.1) is 6.04 Å². The molecule has 1 atom stereocenters. The van der Waals surface area contributed by atoms with Gasteiger partial charge in [-0.3, -0.25) is 4.79 Å². The normalized spacial score (nSPS) is 12.1. The molecule has 0 aliphatic rings. The van der Waals surface area contributed by atoms with Gasteiger partial charge in [0.25, 0.3) is 0 Å². The third-order valence-corrected chi connectivity index (χ3v) is 1.59. The lowest BCUT2D eigenvalue weighted by atomic mass is 10.1. The van der Waals surface area contributed by atoms with Crippen molar-refractivity contribution >= 4 is 19.6 Å². The molecular weight excluding hydrogens is 187 g/mol. The standard InChI is InChI=1S/C7H9BN2O4/c1-3(9-7(8)13)5-2-4(6(11)12)10-14-5/h2-3H,8H2,1H3,(H,9,13)(H,11,12)/t3-/m1/s1. The minimum Gasteiger partial charge on any atom is -0.476 e. The average Bonchev–Trinajstić information content (AvgIpc) is 2.50. The molecule has 1 aromatic heterocycles. The predicted octanol–water partition coefficient (Wildman–Crippen LogP) is -0.224. The Morgan fingerprint density at radius 1 is 1.71 bits per heavy atom. The highest BCUT2D eigenvalue weighted by atomic mass is 16.5. The van der Waals surface area contributed by atoms with Crippen LogP contribution >= 0.6 is 0 Å². The van der Waals surface area contributed by atoms with Crippen molar-refractivity contribution in [2.75, 3.05) is 0 Å². The van der Waals surface area contributed by atoms with Crippen molar-refractivity contribution in [3.8, 4) is 0 Å². The fraction of sp³-hybridized carbons (Fsp3) is 0.286. The Bertz CT molecular complexity index is 362. The molecule has 0 aromatic carbocycles. The molecule has 0 saturated heterocycles. The SMILES string of the molecule is BC(=O)N[C@H](C)c1cc(C(=O)O)no1. The molecule has 6 nitrogen and oxygen atoms in total. The van der Waals surface area contributed by atoms with Gasteiger partial charge in [0, 0.05) is 6.07 Å². The molecule has 0 bridgehead atoms. The molecule has 1 heterocycles. The third-order valence-electron chi connectivity index (χ3n) is 1.59. The minimum absolute atomic E-state index is 0.169. The smallest absolute Gasteiger partial charge is 0.358 e. The maximum Gasteiger partial charge on any atom is 0.358 e. The summed E-state index contributed by atoms with van der Waals surface area (Å²) in [6.07, 6.45) is 0. The summed E-state index contributed by atoms with van der Waals surface area (Å²) in [5, 5.41) is 14.4. The van der Waals surface area contributed by atoms with E-state index in [0.717, 1.165) is 0 Å². The second-order valence-corrected chi connectivity index (χ2v) is 2.84. The van der Waals surface area contributed by atoms with E-state index in [-0.39, 0.29) is 17.5 Å². The van der Waals surface area contributed by atoms with E-state index >= 15 is 0 Å². The fourth-order valence-corrected chi connectivity index (χ4v) is 0.970. The zero-order valence-corrected chi connectivity index (χ0v) is 7.77. The van der Waals surface area contributed by atoms with Gasteiger partial charge in [0.2, 0.25) is 7.85 Å². The highest BCUT2D eigenvalue weighted by Crippen LogP contribution is 2.13. The molecule has 0 saturated carbocycles. The van der Waals surface area contributed by atoms with Crippen LogP contribution in [0.4, 0.5) is 4.79 Å². The predicted molar refractivity (Wildman–Crippen MR) is 49.0 cm³/mol. The van der Waals surface area contributed by atoms with Gasteiger partial charge in [-0.1, -0.05) is 5.16 Å². The molecule has 7 heteroatoms. The summed E-state index contributed by atoms with van der Waals surface area (Å²) in [6.45, 7) is 1.67. The van der Waals surface area contributed by atoms with Crippen LogP contribution in [-0.2, 0) is 0 Å². The van der Waals surface area contributed by atoms with E-state index in [1.165, 1.54) is 13.9 Å². The monoisotopic (exact) mass is 196 g/mol. The van der Waals surface area contributed by atoms with Crippen LogP contribution in [0.15, 0.2) is 10.6 Å².